The summed E-state index contributed by atoms with van der Waals surface area (Å²) in [6, 6.07) is 0. The largest absolute Gasteiger partial charge is 0.481 e. The first-order valence-corrected chi connectivity index (χ1v) is 6.35. The van der Waals surface area contributed by atoms with Crippen LogP contribution >= 0.6 is 11.3 Å². The van der Waals surface area contributed by atoms with E-state index in [1.165, 1.54) is 0 Å². The number of hydrogen-bond acceptors (Lipinski definition) is 4. The number of amides is 1. The van der Waals surface area contributed by atoms with Crippen LogP contribution in [0.2, 0.25) is 0 Å². The Bertz CT molecular complexity index is 390. The average Bonchev–Trinajstić information content (AvgIpc) is 2.63. The molecule has 0 radical (unpaired) electrons. The van der Waals surface area contributed by atoms with Gasteiger partial charge in [-0.15, -0.1) is 11.3 Å². The second kappa shape index (κ2) is 7.01. The van der Waals surface area contributed by atoms with Crippen molar-refractivity contribution < 1.29 is 14.7 Å². The number of aromatic nitrogens is 1. The summed E-state index contributed by atoms with van der Waals surface area (Å²) < 4.78 is 0. The quantitative estimate of drug-likeness (QED) is 0.772. The summed E-state index contributed by atoms with van der Waals surface area (Å²) >= 11 is 1.60. The average molecular weight is 256 g/mol. The lowest BCUT2D eigenvalue weighted by Gasteiger charge is -2.02. The fourth-order valence-electron chi connectivity index (χ4n) is 1.35. The minimum Gasteiger partial charge on any atom is -0.481 e. The van der Waals surface area contributed by atoms with Crippen LogP contribution in [-0.2, 0) is 16.0 Å². The Morgan fingerprint density at radius 3 is 2.82 bits per heavy atom. The number of aliphatic carboxylic acids is 1. The van der Waals surface area contributed by atoms with Crippen LogP contribution in [-0.4, -0.2) is 28.5 Å². The molecule has 0 saturated heterocycles. The lowest BCUT2D eigenvalue weighted by atomic mass is 10.2. The van der Waals surface area contributed by atoms with Crippen molar-refractivity contribution in [1.29, 1.82) is 0 Å². The van der Waals surface area contributed by atoms with E-state index in [0.717, 1.165) is 23.5 Å². The zero-order chi connectivity index (χ0) is 12.7. The molecule has 2 N–H and O–H groups in total. The maximum atomic E-state index is 11.3. The Balaban J connectivity index is 2.10. The van der Waals surface area contributed by atoms with Crippen molar-refractivity contribution in [3.63, 3.8) is 0 Å². The lowest BCUT2D eigenvalue weighted by Crippen LogP contribution is -2.25. The second-order valence-corrected chi connectivity index (χ2v) is 4.77. The fraction of sp³-hybridized carbons (Fsp3) is 0.545. The van der Waals surface area contributed by atoms with E-state index < -0.39 is 5.97 Å². The molecule has 94 valence electrons. The number of aryl methyl sites for hydroxylation is 2. The molecule has 0 aliphatic carbocycles. The predicted octanol–water partition coefficient (Wildman–Crippen LogP) is 1.37. The molecular weight excluding hydrogens is 240 g/mol. The Labute approximate surface area is 104 Å². The monoisotopic (exact) mass is 256 g/mol. The molecule has 0 atom stereocenters. The van der Waals surface area contributed by atoms with Crippen LogP contribution in [0.1, 0.15) is 30.0 Å². The van der Waals surface area contributed by atoms with Gasteiger partial charge in [-0.3, -0.25) is 9.59 Å². The molecule has 1 heterocycles. The molecule has 0 saturated carbocycles. The van der Waals surface area contributed by atoms with Crippen LogP contribution in [0.15, 0.2) is 5.38 Å². The summed E-state index contributed by atoms with van der Waals surface area (Å²) in [5, 5.41) is 14.0. The Morgan fingerprint density at radius 2 is 2.24 bits per heavy atom. The third-order valence-electron chi connectivity index (χ3n) is 2.16. The molecule has 0 aromatic carbocycles. The third-order valence-corrected chi connectivity index (χ3v) is 2.99. The van der Waals surface area contributed by atoms with E-state index in [0.29, 0.717) is 6.42 Å². The topological polar surface area (TPSA) is 79.3 Å². The Kier molecular flexibility index (Phi) is 5.62. The van der Waals surface area contributed by atoms with Crippen molar-refractivity contribution in [3.05, 3.63) is 16.1 Å². The van der Waals surface area contributed by atoms with Gasteiger partial charge < -0.3 is 10.4 Å². The summed E-state index contributed by atoms with van der Waals surface area (Å²) in [7, 11) is 0. The summed E-state index contributed by atoms with van der Waals surface area (Å²) in [5.74, 6) is -0.999. The molecule has 0 aliphatic heterocycles. The molecule has 1 rings (SSSR count). The van der Waals surface area contributed by atoms with Gasteiger partial charge in [-0.1, -0.05) is 0 Å². The van der Waals surface area contributed by atoms with Gasteiger partial charge in [0.15, 0.2) is 0 Å². The highest BCUT2D eigenvalue weighted by Gasteiger charge is 2.04. The molecule has 5 nitrogen and oxygen atoms in total. The number of carbonyl (C=O) groups excluding carboxylic acids is 1. The minimum atomic E-state index is -0.900. The summed E-state index contributed by atoms with van der Waals surface area (Å²) in [6.07, 6.45) is 1.91. The van der Waals surface area contributed by atoms with E-state index in [2.05, 4.69) is 10.3 Å². The SMILES string of the molecule is Cc1nc(CCCC(=O)NCCC(=O)O)cs1. The highest BCUT2D eigenvalue weighted by molar-refractivity contribution is 7.09. The van der Waals surface area contributed by atoms with E-state index in [4.69, 9.17) is 5.11 Å². The molecule has 0 bridgehead atoms. The van der Waals surface area contributed by atoms with Crippen molar-refractivity contribution in [2.24, 2.45) is 0 Å². The normalized spacial score (nSPS) is 10.2. The summed E-state index contributed by atoms with van der Waals surface area (Å²) in [4.78, 5) is 25.8. The van der Waals surface area contributed by atoms with Crippen molar-refractivity contribution in [2.75, 3.05) is 6.54 Å². The smallest absolute Gasteiger partial charge is 0.305 e. The standard InChI is InChI=1S/C11H16N2O3S/c1-8-13-9(7-17-8)3-2-4-10(14)12-6-5-11(15)16/h7H,2-6H2,1H3,(H,12,14)(H,15,16). The number of hydrogen-bond donors (Lipinski definition) is 2. The van der Waals surface area contributed by atoms with E-state index in [-0.39, 0.29) is 18.9 Å². The number of carbonyl (C=O) groups is 2. The van der Waals surface area contributed by atoms with Crippen molar-refractivity contribution >= 4 is 23.2 Å². The molecule has 0 aliphatic rings. The number of nitrogens with zero attached hydrogens (tertiary/aromatic N) is 1. The van der Waals surface area contributed by atoms with Crippen LogP contribution in [0.4, 0.5) is 0 Å². The summed E-state index contributed by atoms with van der Waals surface area (Å²) in [5.41, 5.74) is 1.02. The first-order chi connectivity index (χ1) is 8.08. The number of thiazole rings is 1. The molecule has 1 amide bonds. The first-order valence-electron chi connectivity index (χ1n) is 5.47. The van der Waals surface area contributed by atoms with Gasteiger partial charge in [0, 0.05) is 18.3 Å². The molecular formula is C11H16N2O3S. The number of rotatable bonds is 7. The number of nitrogens with one attached hydrogen (secondary N) is 1. The maximum absolute atomic E-state index is 11.3. The molecule has 1 aromatic heterocycles. The van der Waals surface area contributed by atoms with Crippen LogP contribution < -0.4 is 5.32 Å². The van der Waals surface area contributed by atoms with Crippen molar-refractivity contribution in [2.45, 2.75) is 32.6 Å². The van der Waals surface area contributed by atoms with Crippen LogP contribution in [0, 0.1) is 6.92 Å². The molecule has 6 heteroatoms. The highest BCUT2D eigenvalue weighted by atomic mass is 32.1. The highest BCUT2D eigenvalue weighted by Crippen LogP contribution is 2.10. The number of carboxylic acids is 1. The molecule has 1 aromatic rings. The van der Waals surface area contributed by atoms with Gasteiger partial charge in [-0.05, 0) is 19.8 Å². The first kappa shape index (κ1) is 13.6. The third kappa shape index (κ3) is 6.01. The van der Waals surface area contributed by atoms with Crippen molar-refractivity contribution in [3.8, 4) is 0 Å². The maximum Gasteiger partial charge on any atom is 0.305 e. The molecule has 17 heavy (non-hydrogen) atoms. The lowest BCUT2D eigenvalue weighted by molar-refractivity contribution is -0.136. The zero-order valence-corrected chi connectivity index (χ0v) is 10.5. The van der Waals surface area contributed by atoms with Gasteiger partial charge in [-0.25, -0.2) is 4.98 Å². The van der Waals surface area contributed by atoms with E-state index in [1.54, 1.807) is 11.3 Å². The van der Waals surface area contributed by atoms with Crippen LogP contribution in [0.5, 0.6) is 0 Å². The van der Waals surface area contributed by atoms with Crippen molar-refractivity contribution in [1.82, 2.24) is 10.3 Å². The van der Waals surface area contributed by atoms with Gasteiger partial charge >= 0.3 is 5.97 Å². The molecule has 0 fully saturated rings. The Hall–Kier alpha value is -1.43. The van der Waals surface area contributed by atoms with Gasteiger partial charge in [0.25, 0.3) is 0 Å². The van der Waals surface area contributed by atoms with Gasteiger partial charge in [0.1, 0.15) is 0 Å². The van der Waals surface area contributed by atoms with Gasteiger partial charge in [-0.2, -0.15) is 0 Å². The van der Waals surface area contributed by atoms with E-state index in [9.17, 15) is 9.59 Å². The Morgan fingerprint density at radius 1 is 1.47 bits per heavy atom. The van der Waals surface area contributed by atoms with E-state index >= 15 is 0 Å². The van der Waals surface area contributed by atoms with E-state index in [1.807, 2.05) is 12.3 Å². The fourth-order valence-corrected chi connectivity index (χ4v) is 2.00. The van der Waals surface area contributed by atoms with Gasteiger partial charge in [0.05, 0.1) is 17.1 Å². The molecule has 0 unspecified atom stereocenters. The summed E-state index contributed by atoms with van der Waals surface area (Å²) in [6.45, 7) is 2.15. The number of carboxylic acid groups (broad SMARTS) is 1. The zero-order valence-electron chi connectivity index (χ0n) is 9.73. The van der Waals surface area contributed by atoms with Crippen LogP contribution in [0.25, 0.3) is 0 Å². The second-order valence-electron chi connectivity index (χ2n) is 3.71. The van der Waals surface area contributed by atoms with Crippen LogP contribution in [0.3, 0.4) is 0 Å². The molecule has 0 spiro atoms. The predicted molar refractivity (Wildman–Crippen MR) is 65.1 cm³/mol. The van der Waals surface area contributed by atoms with Gasteiger partial charge in [0.2, 0.25) is 5.91 Å². The minimum absolute atomic E-state index is 0.0307.